The van der Waals surface area contributed by atoms with Gasteiger partial charge >= 0.3 is 0 Å². The standard InChI is InChI=1S/C47H55N9O/c1-30-12-10-23-49-41(30)39-14-9-15-40(42-31(2)13-11-24-50-42)56(39)25-8-7-22-51-44(48)38-27-37-43(53-29-54-45(37)55-38)34-16-17-35(32(3)26-34)28-52-46(57)33-18-20-36(21-19-33)47(4,5)6/h10-13,16-21,23-24,26-27,29,39-40H,7-9,14-15,22,25,28H2,1-6H3,(H2,48,51)(H,52,57)(H,53,54,55)/t39-,40+. The SMILES string of the molecule is Cc1cc(-c2ncnc3[nH]c(C(N)=NCCCCN4[C@@H](c5ncccc5C)CCC[C@H]4c4ncccc4C)cc23)ccc1CNC(=O)c1ccc(C(C)(C)C)cc1. The van der Waals surface area contributed by atoms with E-state index in [-0.39, 0.29) is 23.4 Å². The number of carbonyl (C=O) groups is 1. The van der Waals surface area contributed by atoms with Gasteiger partial charge in [0, 0.05) is 42.0 Å². The number of rotatable bonds is 12. The Morgan fingerprint density at radius 2 is 1.54 bits per heavy atom. The number of nitrogens with two attached hydrogens (primary N) is 1. The summed E-state index contributed by atoms with van der Waals surface area (Å²) < 4.78 is 0. The van der Waals surface area contributed by atoms with Crippen LogP contribution < -0.4 is 11.1 Å². The van der Waals surface area contributed by atoms with Crippen LogP contribution in [0.5, 0.6) is 0 Å². The van der Waals surface area contributed by atoms with Crippen molar-refractivity contribution in [1.82, 2.24) is 35.1 Å². The van der Waals surface area contributed by atoms with Crippen molar-refractivity contribution in [2.24, 2.45) is 10.7 Å². The number of hydrogen-bond donors (Lipinski definition) is 3. The van der Waals surface area contributed by atoms with Crippen LogP contribution >= 0.6 is 0 Å². The molecule has 5 heterocycles. The zero-order valence-electron chi connectivity index (χ0n) is 34.1. The Bertz CT molecular complexity index is 2320. The van der Waals surface area contributed by atoms with Crippen LogP contribution in [0.1, 0.15) is 120 Å². The van der Waals surface area contributed by atoms with E-state index < -0.39 is 0 Å². The molecule has 1 aliphatic rings. The molecule has 10 nitrogen and oxygen atoms in total. The molecule has 0 spiro atoms. The summed E-state index contributed by atoms with van der Waals surface area (Å²) in [6.45, 7) is 14.9. The van der Waals surface area contributed by atoms with Crippen molar-refractivity contribution in [3.63, 3.8) is 0 Å². The molecule has 1 amide bonds. The summed E-state index contributed by atoms with van der Waals surface area (Å²) in [5.74, 6) is 0.363. The van der Waals surface area contributed by atoms with Gasteiger partial charge in [-0.05, 0) is 129 Å². The second-order valence-corrected chi connectivity index (χ2v) is 16.4. The number of aryl methyl sites for hydroxylation is 3. The molecule has 0 unspecified atom stereocenters. The molecule has 0 aliphatic carbocycles. The number of aromatic amines is 1. The minimum Gasteiger partial charge on any atom is -0.382 e. The van der Waals surface area contributed by atoms with E-state index in [0.29, 0.717) is 30.1 Å². The van der Waals surface area contributed by atoms with Gasteiger partial charge in [0.25, 0.3) is 5.91 Å². The highest BCUT2D eigenvalue weighted by Gasteiger charge is 2.35. The first-order valence-electron chi connectivity index (χ1n) is 20.2. The van der Waals surface area contributed by atoms with E-state index in [4.69, 9.17) is 20.7 Å². The van der Waals surface area contributed by atoms with Gasteiger partial charge < -0.3 is 16.0 Å². The van der Waals surface area contributed by atoms with Gasteiger partial charge in [-0.25, -0.2) is 9.97 Å². The number of likely N-dealkylation sites (tertiary alicyclic amines) is 1. The summed E-state index contributed by atoms with van der Waals surface area (Å²) in [5.41, 5.74) is 18.6. The fourth-order valence-corrected chi connectivity index (χ4v) is 8.09. The number of piperidine rings is 1. The van der Waals surface area contributed by atoms with Crippen molar-refractivity contribution in [2.75, 3.05) is 13.1 Å². The number of amidine groups is 1. The first kappa shape index (κ1) is 39.5. The minimum atomic E-state index is -0.0915. The number of benzene rings is 2. The van der Waals surface area contributed by atoms with Crippen molar-refractivity contribution in [3.8, 4) is 11.3 Å². The third-order valence-electron chi connectivity index (χ3n) is 11.4. The first-order valence-corrected chi connectivity index (χ1v) is 20.2. The highest BCUT2D eigenvalue weighted by molar-refractivity contribution is 6.02. The summed E-state index contributed by atoms with van der Waals surface area (Å²) in [6, 6.07) is 24.9. The molecule has 10 heteroatoms. The van der Waals surface area contributed by atoms with Gasteiger partial charge in [-0.3, -0.25) is 24.7 Å². The van der Waals surface area contributed by atoms with E-state index in [1.165, 1.54) is 28.1 Å². The van der Waals surface area contributed by atoms with E-state index in [1.54, 1.807) is 6.33 Å². The molecule has 1 saturated heterocycles. The summed E-state index contributed by atoms with van der Waals surface area (Å²) in [4.78, 5) is 42.6. The number of pyridine rings is 2. The molecule has 4 aromatic heterocycles. The lowest BCUT2D eigenvalue weighted by molar-refractivity contribution is 0.0745. The average molecular weight is 762 g/mol. The molecular formula is C47H55N9O. The van der Waals surface area contributed by atoms with Crippen LogP contribution in [0, 0.1) is 20.8 Å². The summed E-state index contributed by atoms with van der Waals surface area (Å²) in [6.07, 6.45) is 10.6. The predicted octanol–water partition coefficient (Wildman–Crippen LogP) is 9.02. The van der Waals surface area contributed by atoms with Gasteiger partial charge in [-0.15, -0.1) is 0 Å². The minimum absolute atomic E-state index is 0.0378. The number of H-pyrrole nitrogens is 1. The molecule has 2 aromatic carbocycles. The lowest BCUT2D eigenvalue weighted by atomic mass is 9.87. The monoisotopic (exact) mass is 761 g/mol. The maximum atomic E-state index is 12.9. The van der Waals surface area contributed by atoms with E-state index in [9.17, 15) is 4.79 Å². The second-order valence-electron chi connectivity index (χ2n) is 16.4. The van der Waals surface area contributed by atoms with Crippen LogP contribution in [0.3, 0.4) is 0 Å². The van der Waals surface area contributed by atoms with Crippen LogP contribution in [-0.2, 0) is 12.0 Å². The summed E-state index contributed by atoms with van der Waals surface area (Å²) >= 11 is 0. The molecule has 0 saturated carbocycles. The molecule has 0 radical (unpaired) electrons. The Hall–Kier alpha value is -5.74. The number of carbonyl (C=O) groups excluding carboxylic acids is 1. The fourth-order valence-electron chi connectivity index (χ4n) is 8.09. The normalized spacial score (nSPS) is 16.6. The maximum Gasteiger partial charge on any atom is 0.251 e. The van der Waals surface area contributed by atoms with Gasteiger partial charge in [0.2, 0.25) is 0 Å². The third kappa shape index (κ3) is 8.97. The Morgan fingerprint density at radius 1 is 0.860 bits per heavy atom. The van der Waals surface area contributed by atoms with Crippen LogP contribution in [0.4, 0.5) is 0 Å². The number of nitrogens with one attached hydrogen (secondary N) is 2. The quantitative estimate of drug-likeness (QED) is 0.0643. The molecular weight excluding hydrogens is 707 g/mol. The molecule has 294 valence electrons. The van der Waals surface area contributed by atoms with Crippen LogP contribution in [0.2, 0.25) is 0 Å². The van der Waals surface area contributed by atoms with Gasteiger partial charge in [-0.2, -0.15) is 0 Å². The zero-order valence-corrected chi connectivity index (χ0v) is 34.1. The number of hydrogen-bond acceptors (Lipinski definition) is 7. The topological polar surface area (TPSA) is 138 Å². The van der Waals surface area contributed by atoms with Gasteiger partial charge in [0.1, 0.15) is 17.8 Å². The van der Waals surface area contributed by atoms with Crippen molar-refractivity contribution >= 4 is 22.8 Å². The molecule has 1 aliphatic heterocycles. The highest BCUT2D eigenvalue weighted by atomic mass is 16.1. The van der Waals surface area contributed by atoms with E-state index in [1.807, 2.05) is 67.0 Å². The molecule has 57 heavy (non-hydrogen) atoms. The van der Waals surface area contributed by atoms with Crippen molar-refractivity contribution in [1.29, 1.82) is 0 Å². The van der Waals surface area contributed by atoms with E-state index in [0.717, 1.165) is 72.1 Å². The molecule has 4 N–H and O–H groups in total. The molecule has 2 atom stereocenters. The van der Waals surface area contributed by atoms with Crippen LogP contribution in [0.15, 0.2) is 96.5 Å². The van der Waals surface area contributed by atoms with Gasteiger partial charge in [-0.1, -0.05) is 57.2 Å². The smallest absolute Gasteiger partial charge is 0.251 e. The van der Waals surface area contributed by atoms with Crippen molar-refractivity contribution in [2.45, 2.75) is 97.7 Å². The van der Waals surface area contributed by atoms with Crippen molar-refractivity contribution < 1.29 is 4.79 Å². The highest BCUT2D eigenvalue weighted by Crippen LogP contribution is 2.42. The fraction of sp³-hybridized carbons (Fsp3) is 0.362. The number of aliphatic imine (C=N–C) groups is 1. The van der Waals surface area contributed by atoms with Gasteiger partial charge in [0.15, 0.2) is 0 Å². The Balaban J connectivity index is 0.996. The molecule has 6 aromatic rings. The van der Waals surface area contributed by atoms with E-state index in [2.05, 4.69) is 84.9 Å². The number of nitrogens with zero attached hydrogens (tertiary/aromatic N) is 6. The lowest BCUT2D eigenvalue weighted by Gasteiger charge is -2.42. The third-order valence-corrected chi connectivity index (χ3v) is 11.4. The predicted molar refractivity (Wildman–Crippen MR) is 229 cm³/mol. The Morgan fingerprint density at radius 3 is 2.18 bits per heavy atom. The zero-order chi connectivity index (χ0) is 40.1. The lowest BCUT2D eigenvalue weighted by Crippen LogP contribution is -2.38. The second kappa shape index (κ2) is 17.2. The largest absolute Gasteiger partial charge is 0.382 e. The molecule has 1 fully saturated rings. The molecule has 7 rings (SSSR count). The number of unbranched alkanes of at least 4 members (excludes halogenated alkanes) is 1. The number of fused-ring (bicyclic) bond motifs is 1. The van der Waals surface area contributed by atoms with Crippen LogP contribution in [-0.4, -0.2) is 54.7 Å². The van der Waals surface area contributed by atoms with E-state index >= 15 is 0 Å². The summed E-state index contributed by atoms with van der Waals surface area (Å²) in [5, 5.41) is 3.95. The van der Waals surface area contributed by atoms with Crippen molar-refractivity contribution in [3.05, 3.63) is 142 Å². The maximum absolute atomic E-state index is 12.9. The average Bonchev–Trinajstić information content (AvgIpc) is 3.65. The number of amides is 1. The number of aromatic nitrogens is 5. The Labute approximate surface area is 336 Å². The molecule has 0 bridgehead atoms. The Kier molecular flexibility index (Phi) is 11.9. The summed E-state index contributed by atoms with van der Waals surface area (Å²) in [7, 11) is 0. The van der Waals surface area contributed by atoms with Crippen LogP contribution in [0.25, 0.3) is 22.3 Å². The van der Waals surface area contributed by atoms with Gasteiger partial charge in [0.05, 0.1) is 34.9 Å². The first-order chi connectivity index (χ1) is 27.5.